The van der Waals surface area contributed by atoms with E-state index in [9.17, 15) is 18.4 Å². The molecule has 0 spiro atoms. The van der Waals surface area contributed by atoms with E-state index in [-0.39, 0.29) is 12.5 Å². The third kappa shape index (κ3) is 5.75. The van der Waals surface area contributed by atoms with Crippen LogP contribution in [0.25, 0.3) is 0 Å². The van der Waals surface area contributed by atoms with Crippen molar-refractivity contribution >= 4 is 11.8 Å². The fraction of sp³-hybridized carbons (Fsp3) is 0.261. The Kier molecular flexibility index (Phi) is 7.12. The van der Waals surface area contributed by atoms with E-state index in [1.807, 2.05) is 41.2 Å². The van der Waals surface area contributed by atoms with Gasteiger partial charge >= 0.3 is 0 Å². The van der Waals surface area contributed by atoms with Crippen molar-refractivity contribution in [1.82, 2.24) is 20.4 Å². The average Bonchev–Trinajstić information content (AvgIpc) is 3.24. The Balaban J connectivity index is 1.60. The minimum Gasteiger partial charge on any atom is -0.350 e. The quantitative estimate of drug-likeness (QED) is 0.581. The molecular weight excluding hydrogens is 402 g/mol. The molecule has 1 atom stereocenters. The van der Waals surface area contributed by atoms with E-state index in [1.165, 1.54) is 6.07 Å². The molecule has 0 aliphatic heterocycles. The minimum atomic E-state index is -0.976. The number of nitrogens with one attached hydrogen (secondary N) is 2. The lowest BCUT2D eigenvalue weighted by atomic mass is 10.0. The smallest absolute Gasteiger partial charge is 0.257 e. The summed E-state index contributed by atoms with van der Waals surface area (Å²) in [5.74, 6) is -3.63. The molecule has 6 nitrogen and oxygen atoms in total. The Morgan fingerprint density at radius 3 is 2.23 bits per heavy atom. The summed E-state index contributed by atoms with van der Waals surface area (Å²) in [6.07, 6.45) is 3.59. The minimum absolute atomic E-state index is 0.258. The lowest BCUT2D eigenvalue weighted by Gasteiger charge is -2.22. The Bertz CT molecular complexity index is 1010. The molecule has 1 aromatic heterocycles. The predicted octanol–water partition coefficient (Wildman–Crippen LogP) is 3.28. The van der Waals surface area contributed by atoms with E-state index in [0.29, 0.717) is 6.54 Å². The number of halogens is 2. The molecule has 8 heteroatoms. The number of carbonyl (C=O) groups excluding carboxylic acids is 2. The summed E-state index contributed by atoms with van der Waals surface area (Å²) in [5.41, 5.74) is 1.25. The fourth-order valence-electron chi connectivity index (χ4n) is 3.11. The van der Waals surface area contributed by atoms with Gasteiger partial charge in [0.25, 0.3) is 5.91 Å². The summed E-state index contributed by atoms with van der Waals surface area (Å²) < 4.78 is 29.5. The summed E-state index contributed by atoms with van der Waals surface area (Å²) in [7, 11) is 0. The molecule has 0 radical (unpaired) electrons. The van der Waals surface area contributed by atoms with Gasteiger partial charge < -0.3 is 10.6 Å². The van der Waals surface area contributed by atoms with Crippen molar-refractivity contribution in [3.05, 3.63) is 89.2 Å². The number of amides is 2. The maximum atomic E-state index is 13.9. The SMILES string of the molecule is CC(C)[C@@H](NC(=O)c1c(F)cccc1F)C(=O)NCc1ccc(Cn2cccn2)cc1. The Hall–Kier alpha value is -3.55. The summed E-state index contributed by atoms with van der Waals surface area (Å²) in [6.45, 7) is 4.39. The van der Waals surface area contributed by atoms with Gasteiger partial charge in [-0.15, -0.1) is 0 Å². The molecular formula is C23H24F2N4O2. The van der Waals surface area contributed by atoms with Crippen LogP contribution in [0.5, 0.6) is 0 Å². The number of hydrogen-bond acceptors (Lipinski definition) is 3. The van der Waals surface area contributed by atoms with E-state index in [4.69, 9.17) is 0 Å². The van der Waals surface area contributed by atoms with Crippen molar-refractivity contribution in [2.75, 3.05) is 0 Å². The molecule has 2 aromatic carbocycles. The monoisotopic (exact) mass is 426 g/mol. The van der Waals surface area contributed by atoms with E-state index in [0.717, 1.165) is 23.3 Å². The standard InChI is InChI=1S/C23H24F2N4O2/c1-15(2)21(28-22(30)20-18(24)5-3-6-19(20)25)23(31)26-13-16-7-9-17(10-8-16)14-29-12-4-11-27-29/h3-12,15,21H,13-14H2,1-2H3,(H,26,31)(H,28,30)/t21-/m1/s1. The van der Waals surface area contributed by atoms with Crippen molar-refractivity contribution < 1.29 is 18.4 Å². The summed E-state index contributed by atoms with van der Waals surface area (Å²) in [6, 6.07) is 11.8. The molecule has 0 aliphatic rings. The first-order valence-corrected chi connectivity index (χ1v) is 9.93. The largest absolute Gasteiger partial charge is 0.350 e. The van der Waals surface area contributed by atoms with Crippen molar-refractivity contribution in [3.63, 3.8) is 0 Å². The second-order valence-corrected chi connectivity index (χ2v) is 7.53. The van der Waals surface area contributed by atoms with Crippen LogP contribution in [0.2, 0.25) is 0 Å². The number of rotatable bonds is 8. The van der Waals surface area contributed by atoms with Crippen LogP contribution in [0.4, 0.5) is 8.78 Å². The number of carbonyl (C=O) groups is 2. The number of hydrogen-bond donors (Lipinski definition) is 2. The molecule has 2 N–H and O–H groups in total. The van der Waals surface area contributed by atoms with Crippen LogP contribution in [0.1, 0.15) is 35.3 Å². The van der Waals surface area contributed by atoms with Gasteiger partial charge in [-0.05, 0) is 35.2 Å². The Morgan fingerprint density at radius 2 is 1.65 bits per heavy atom. The van der Waals surface area contributed by atoms with Crippen LogP contribution in [0, 0.1) is 17.6 Å². The summed E-state index contributed by atoms with van der Waals surface area (Å²) in [5, 5.41) is 9.38. The molecule has 31 heavy (non-hydrogen) atoms. The molecule has 162 valence electrons. The van der Waals surface area contributed by atoms with Gasteiger partial charge in [0.15, 0.2) is 0 Å². The van der Waals surface area contributed by atoms with Crippen LogP contribution in [0.15, 0.2) is 60.9 Å². The zero-order chi connectivity index (χ0) is 22.4. The van der Waals surface area contributed by atoms with Gasteiger partial charge in [-0.3, -0.25) is 14.3 Å². The summed E-state index contributed by atoms with van der Waals surface area (Å²) in [4.78, 5) is 25.0. The number of benzene rings is 2. The highest BCUT2D eigenvalue weighted by molar-refractivity contribution is 5.98. The van der Waals surface area contributed by atoms with Crippen molar-refractivity contribution in [1.29, 1.82) is 0 Å². The number of nitrogens with zero attached hydrogens (tertiary/aromatic N) is 2. The van der Waals surface area contributed by atoms with E-state index in [2.05, 4.69) is 15.7 Å². The fourth-order valence-corrected chi connectivity index (χ4v) is 3.11. The van der Waals surface area contributed by atoms with Gasteiger partial charge in [0.05, 0.1) is 6.54 Å². The van der Waals surface area contributed by atoms with Crippen molar-refractivity contribution in [2.24, 2.45) is 5.92 Å². The molecule has 0 aliphatic carbocycles. The molecule has 3 aromatic rings. The van der Waals surface area contributed by atoms with Crippen molar-refractivity contribution in [2.45, 2.75) is 33.0 Å². The van der Waals surface area contributed by atoms with Gasteiger partial charge in [-0.25, -0.2) is 8.78 Å². The molecule has 0 unspecified atom stereocenters. The first-order valence-electron chi connectivity index (χ1n) is 9.93. The first-order chi connectivity index (χ1) is 14.8. The van der Waals surface area contributed by atoms with E-state index < -0.39 is 35.1 Å². The molecule has 0 saturated carbocycles. The Labute approximate surface area is 179 Å². The maximum absolute atomic E-state index is 13.9. The molecule has 0 bridgehead atoms. The maximum Gasteiger partial charge on any atom is 0.257 e. The van der Waals surface area contributed by atoms with Gasteiger partial charge in [-0.2, -0.15) is 5.10 Å². The van der Waals surface area contributed by atoms with Gasteiger partial charge in [0.1, 0.15) is 23.2 Å². The van der Waals surface area contributed by atoms with E-state index in [1.54, 1.807) is 20.0 Å². The highest BCUT2D eigenvalue weighted by Crippen LogP contribution is 2.13. The van der Waals surface area contributed by atoms with Crippen LogP contribution in [0.3, 0.4) is 0 Å². The highest BCUT2D eigenvalue weighted by Gasteiger charge is 2.27. The molecule has 1 heterocycles. The number of aromatic nitrogens is 2. The van der Waals surface area contributed by atoms with Crippen LogP contribution < -0.4 is 10.6 Å². The van der Waals surface area contributed by atoms with Crippen LogP contribution >= 0.6 is 0 Å². The van der Waals surface area contributed by atoms with Crippen LogP contribution in [-0.4, -0.2) is 27.6 Å². The van der Waals surface area contributed by atoms with Crippen LogP contribution in [-0.2, 0) is 17.9 Å². The molecule has 2 amide bonds. The Morgan fingerprint density at radius 1 is 1.00 bits per heavy atom. The summed E-state index contributed by atoms with van der Waals surface area (Å²) >= 11 is 0. The molecule has 0 fully saturated rings. The third-order valence-corrected chi connectivity index (χ3v) is 4.82. The zero-order valence-electron chi connectivity index (χ0n) is 17.3. The second kappa shape index (κ2) is 9.97. The molecule has 0 saturated heterocycles. The predicted molar refractivity (Wildman–Crippen MR) is 112 cm³/mol. The lowest BCUT2D eigenvalue weighted by Crippen LogP contribution is -2.49. The first kappa shape index (κ1) is 22.1. The second-order valence-electron chi connectivity index (χ2n) is 7.53. The molecule has 3 rings (SSSR count). The normalized spacial score (nSPS) is 11.9. The van der Waals surface area contributed by atoms with E-state index >= 15 is 0 Å². The highest BCUT2D eigenvalue weighted by atomic mass is 19.1. The van der Waals surface area contributed by atoms with Gasteiger partial charge in [-0.1, -0.05) is 44.2 Å². The van der Waals surface area contributed by atoms with Gasteiger partial charge in [0.2, 0.25) is 5.91 Å². The topological polar surface area (TPSA) is 76.0 Å². The van der Waals surface area contributed by atoms with Gasteiger partial charge in [0, 0.05) is 18.9 Å². The zero-order valence-corrected chi connectivity index (χ0v) is 17.3. The third-order valence-electron chi connectivity index (χ3n) is 4.82. The van der Waals surface area contributed by atoms with Crippen molar-refractivity contribution in [3.8, 4) is 0 Å². The lowest BCUT2D eigenvalue weighted by molar-refractivity contribution is -0.124. The average molecular weight is 426 g/mol.